The molecule has 0 radical (unpaired) electrons. The first-order chi connectivity index (χ1) is 10.2. The molecule has 0 heterocycles. The van der Waals surface area contributed by atoms with E-state index in [0.29, 0.717) is 16.7 Å². The van der Waals surface area contributed by atoms with Gasteiger partial charge < -0.3 is 4.74 Å². The Morgan fingerprint density at radius 1 is 1.05 bits per heavy atom. The molecule has 0 fully saturated rings. The van der Waals surface area contributed by atoms with Crippen molar-refractivity contribution in [2.75, 3.05) is 7.11 Å². The van der Waals surface area contributed by atoms with Crippen molar-refractivity contribution >= 4 is 18.1 Å². The summed E-state index contributed by atoms with van der Waals surface area (Å²) in [5, 5.41) is 3.86. The van der Waals surface area contributed by atoms with Gasteiger partial charge in [-0.2, -0.15) is 5.10 Å². The van der Waals surface area contributed by atoms with Crippen molar-refractivity contribution in [1.82, 2.24) is 5.43 Å². The zero-order valence-corrected chi connectivity index (χ0v) is 11.4. The normalized spacial score (nSPS) is 10.3. The number of hydrazone groups is 1. The molecule has 1 amide bonds. The van der Waals surface area contributed by atoms with E-state index in [1.165, 1.54) is 13.3 Å². The van der Waals surface area contributed by atoms with Gasteiger partial charge >= 0.3 is 5.97 Å². The highest BCUT2D eigenvalue weighted by Gasteiger charge is 2.09. The van der Waals surface area contributed by atoms with E-state index in [-0.39, 0.29) is 5.91 Å². The second-order valence-electron chi connectivity index (χ2n) is 4.14. The summed E-state index contributed by atoms with van der Waals surface area (Å²) in [4.78, 5) is 23.4. The van der Waals surface area contributed by atoms with Gasteiger partial charge in [0.25, 0.3) is 5.91 Å². The second kappa shape index (κ2) is 7.00. The Morgan fingerprint density at radius 3 is 2.43 bits per heavy atom. The maximum atomic E-state index is 11.8. The van der Waals surface area contributed by atoms with Crippen LogP contribution >= 0.6 is 0 Å². The summed E-state index contributed by atoms with van der Waals surface area (Å²) in [6, 6.07) is 15.6. The number of nitrogens with zero attached hydrogens (tertiary/aromatic N) is 1. The molecule has 21 heavy (non-hydrogen) atoms. The van der Waals surface area contributed by atoms with Gasteiger partial charge in [0.05, 0.1) is 18.9 Å². The number of hydrogen-bond acceptors (Lipinski definition) is 4. The van der Waals surface area contributed by atoms with Crippen LogP contribution in [0.15, 0.2) is 59.7 Å². The van der Waals surface area contributed by atoms with Crippen LogP contribution in [0.3, 0.4) is 0 Å². The molecule has 0 aliphatic carbocycles. The van der Waals surface area contributed by atoms with Gasteiger partial charge in [-0.15, -0.1) is 0 Å². The number of nitrogens with one attached hydrogen (secondary N) is 1. The quantitative estimate of drug-likeness (QED) is 0.531. The SMILES string of the molecule is COC(=O)c1ccccc1/C=N/NC(=O)c1ccccc1. The van der Waals surface area contributed by atoms with E-state index in [4.69, 9.17) is 0 Å². The van der Waals surface area contributed by atoms with Crippen molar-refractivity contribution in [2.24, 2.45) is 5.10 Å². The number of benzene rings is 2. The molecule has 2 aromatic carbocycles. The van der Waals surface area contributed by atoms with Crippen LogP contribution in [0.2, 0.25) is 0 Å². The van der Waals surface area contributed by atoms with Crippen LogP contribution in [0, 0.1) is 0 Å². The largest absolute Gasteiger partial charge is 0.465 e. The molecule has 0 atom stereocenters. The van der Waals surface area contributed by atoms with Crippen molar-refractivity contribution in [3.63, 3.8) is 0 Å². The van der Waals surface area contributed by atoms with Crippen LogP contribution in [-0.4, -0.2) is 25.2 Å². The molecule has 0 spiro atoms. The molecule has 2 aromatic rings. The maximum absolute atomic E-state index is 11.8. The standard InChI is InChI=1S/C16H14N2O3/c1-21-16(20)14-10-6-5-9-13(14)11-17-18-15(19)12-7-3-2-4-8-12/h2-11H,1H3,(H,18,19)/b17-11+. The number of hydrogen-bond donors (Lipinski definition) is 1. The molecule has 0 aromatic heterocycles. The number of carbonyl (C=O) groups is 2. The molecule has 0 saturated heterocycles. The minimum Gasteiger partial charge on any atom is -0.465 e. The van der Waals surface area contributed by atoms with Crippen LogP contribution in [-0.2, 0) is 4.74 Å². The molecule has 106 valence electrons. The molecule has 5 heteroatoms. The van der Waals surface area contributed by atoms with Crippen LogP contribution in [0.1, 0.15) is 26.3 Å². The van der Waals surface area contributed by atoms with Gasteiger partial charge in [-0.3, -0.25) is 4.79 Å². The average molecular weight is 282 g/mol. The van der Waals surface area contributed by atoms with E-state index in [2.05, 4.69) is 15.3 Å². The van der Waals surface area contributed by atoms with Gasteiger partial charge in [0.1, 0.15) is 0 Å². The van der Waals surface area contributed by atoms with Crippen LogP contribution in [0.25, 0.3) is 0 Å². The molecule has 0 aliphatic heterocycles. The minimum absolute atomic E-state index is 0.317. The number of esters is 1. The molecule has 0 unspecified atom stereocenters. The van der Waals surface area contributed by atoms with E-state index in [1.54, 1.807) is 48.5 Å². The summed E-state index contributed by atoms with van der Waals surface area (Å²) < 4.78 is 4.69. The topological polar surface area (TPSA) is 67.8 Å². The first-order valence-corrected chi connectivity index (χ1v) is 6.28. The zero-order valence-electron chi connectivity index (χ0n) is 11.4. The average Bonchev–Trinajstić information content (AvgIpc) is 2.55. The monoisotopic (exact) mass is 282 g/mol. The Balaban J connectivity index is 2.09. The number of carbonyl (C=O) groups excluding carboxylic acids is 2. The molecule has 5 nitrogen and oxygen atoms in total. The van der Waals surface area contributed by atoms with E-state index >= 15 is 0 Å². The van der Waals surface area contributed by atoms with Gasteiger partial charge in [0.15, 0.2) is 0 Å². The number of amides is 1. The first-order valence-electron chi connectivity index (χ1n) is 6.28. The lowest BCUT2D eigenvalue weighted by atomic mass is 10.1. The molecule has 0 saturated carbocycles. The lowest BCUT2D eigenvalue weighted by molar-refractivity contribution is 0.0600. The smallest absolute Gasteiger partial charge is 0.338 e. The Bertz CT molecular complexity index is 666. The summed E-state index contributed by atoms with van der Waals surface area (Å²) in [5.41, 5.74) is 3.87. The van der Waals surface area contributed by atoms with Crippen molar-refractivity contribution in [2.45, 2.75) is 0 Å². The lowest BCUT2D eigenvalue weighted by Crippen LogP contribution is -2.17. The molecular formula is C16H14N2O3. The fraction of sp³-hybridized carbons (Fsp3) is 0.0625. The van der Waals surface area contributed by atoms with Crippen LogP contribution < -0.4 is 5.43 Å². The van der Waals surface area contributed by atoms with E-state index in [1.807, 2.05) is 6.07 Å². The van der Waals surface area contributed by atoms with Gasteiger partial charge in [-0.25, -0.2) is 10.2 Å². The van der Waals surface area contributed by atoms with Crippen molar-refractivity contribution in [3.05, 3.63) is 71.3 Å². The van der Waals surface area contributed by atoms with E-state index in [0.717, 1.165) is 0 Å². The van der Waals surface area contributed by atoms with E-state index < -0.39 is 5.97 Å². The van der Waals surface area contributed by atoms with Crippen LogP contribution in [0.4, 0.5) is 0 Å². The third kappa shape index (κ3) is 3.76. The second-order valence-corrected chi connectivity index (χ2v) is 4.14. The van der Waals surface area contributed by atoms with Gasteiger partial charge in [0.2, 0.25) is 0 Å². The number of rotatable bonds is 4. The lowest BCUT2D eigenvalue weighted by Gasteiger charge is -2.03. The van der Waals surface area contributed by atoms with Crippen molar-refractivity contribution < 1.29 is 14.3 Å². The fourth-order valence-electron chi connectivity index (χ4n) is 1.72. The Labute approximate surface area is 122 Å². The summed E-state index contributed by atoms with van der Waals surface area (Å²) in [6.07, 6.45) is 1.41. The summed E-state index contributed by atoms with van der Waals surface area (Å²) in [5.74, 6) is -0.770. The van der Waals surface area contributed by atoms with Crippen molar-refractivity contribution in [3.8, 4) is 0 Å². The zero-order chi connectivity index (χ0) is 15.1. The highest BCUT2D eigenvalue weighted by atomic mass is 16.5. The predicted molar refractivity (Wildman–Crippen MR) is 79.3 cm³/mol. The number of ether oxygens (including phenoxy) is 1. The first kappa shape index (κ1) is 14.5. The Hall–Kier alpha value is -2.95. The molecular weight excluding hydrogens is 268 g/mol. The molecule has 0 bridgehead atoms. The van der Waals surface area contributed by atoms with Crippen molar-refractivity contribution in [1.29, 1.82) is 0 Å². The van der Waals surface area contributed by atoms with Crippen LogP contribution in [0.5, 0.6) is 0 Å². The van der Waals surface area contributed by atoms with Gasteiger partial charge in [-0.05, 0) is 18.2 Å². The van der Waals surface area contributed by atoms with Gasteiger partial charge in [0, 0.05) is 11.1 Å². The summed E-state index contributed by atoms with van der Waals surface area (Å²) in [7, 11) is 1.31. The molecule has 1 N–H and O–H groups in total. The fourth-order valence-corrected chi connectivity index (χ4v) is 1.72. The van der Waals surface area contributed by atoms with E-state index in [9.17, 15) is 9.59 Å². The maximum Gasteiger partial charge on any atom is 0.338 e. The highest BCUT2D eigenvalue weighted by molar-refractivity contribution is 6.00. The summed E-state index contributed by atoms with van der Waals surface area (Å²) >= 11 is 0. The Kier molecular flexibility index (Phi) is 4.82. The molecule has 2 rings (SSSR count). The third-order valence-corrected chi connectivity index (χ3v) is 2.77. The third-order valence-electron chi connectivity index (χ3n) is 2.77. The molecule has 0 aliphatic rings. The summed E-state index contributed by atoms with van der Waals surface area (Å²) in [6.45, 7) is 0. The Morgan fingerprint density at radius 2 is 1.71 bits per heavy atom. The number of methoxy groups -OCH3 is 1. The van der Waals surface area contributed by atoms with Gasteiger partial charge in [-0.1, -0.05) is 36.4 Å². The predicted octanol–water partition coefficient (Wildman–Crippen LogP) is 2.24. The highest BCUT2D eigenvalue weighted by Crippen LogP contribution is 2.07. The minimum atomic E-state index is -0.452.